The van der Waals surface area contributed by atoms with Crippen molar-refractivity contribution in [3.05, 3.63) is 60.0 Å². The number of esters is 1. The van der Waals surface area contributed by atoms with Crippen molar-refractivity contribution < 1.29 is 43.5 Å². The van der Waals surface area contributed by atoms with Gasteiger partial charge in [0.1, 0.15) is 30.5 Å². The van der Waals surface area contributed by atoms with Crippen molar-refractivity contribution in [3.63, 3.8) is 0 Å². The number of nitriles is 1. The Morgan fingerprint density at radius 2 is 1.88 bits per heavy atom. The van der Waals surface area contributed by atoms with Gasteiger partial charge in [0.05, 0.1) is 49.1 Å². The number of carbonyl (C=O) groups excluding carboxylic acids is 3. The molecular weight excluding hydrogens is 654 g/mol. The average molecular weight is 710 g/mol. The summed E-state index contributed by atoms with van der Waals surface area (Å²) in [6, 6.07) is 7.21. The number of aliphatic hydroxyl groups excluding tert-OH is 2. The lowest BCUT2D eigenvalue weighted by Gasteiger charge is -2.48. The summed E-state index contributed by atoms with van der Waals surface area (Å²) in [7, 11) is 3.64. The normalized spacial score (nSPS) is 36.2. The van der Waals surface area contributed by atoms with Crippen molar-refractivity contribution in [3.8, 4) is 6.07 Å². The van der Waals surface area contributed by atoms with E-state index in [9.17, 15) is 29.9 Å². The molecule has 0 unspecified atom stereocenters. The first-order valence-corrected chi connectivity index (χ1v) is 17.8. The largest absolute Gasteiger partial charge is 0.461 e. The fourth-order valence-corrected chi connectivity index (χ4v) is 6.78. The van der Waals surface area contributed by atoms with E-state index in [1.807, 2.05) is 56.3 Å². The van der Waals surface area contributed by atoms with Crippen LogP contribution in [0.4, 0.5) is 0 Å². The van der Waals surface area contributed by atoms with Crippen molar-refractivity contribution in [1.82, 2.24) is 9.88 Å². The highest BCUT2D eigenvalue weighted by molar-refractivity contribution is 5.91. The number of allylic oxidation sites excluding steroid dienone is 3. The van der Waals surface area contributed by atoms with Gasteiger partial charge in [-0.1, -0.05) is 50.6 Å². The second kappa shape index (κ2) is 20.5. The van der Waals surface area contributed by atoms with E-state index in [1.54, 1.807) is 46.0 Å². The molecule has 0 aliphatic carbocycles. The third-order valence-electron chi connectivity index (χ3n) is 9.72. The van der Waals surface area contributed by atoms with Crippen molar-refractivity contribution in [2.24, 2.45) is 23.7 Å². The van der Waals surface area contributed by atoms with E-state index in [-0.39, 0.29) is 25.2 Å². The maximum Gasteiger partial charge on any atom is 0.308 e. The molecule has 1 aromatic heterocycles. The fourth-order valence-electron chi connectivity index (χ4n) is 6.78. The number of aldehydes is 1. The lowest BCUT2D eigenvalue weighted by atomic mass is 9.79. The number of pyridine rings is 1. The first kappa shape index (κ1) is 41.8. The first-order valence-electron chi connectivity index (χ1n) is 17.8. The number of carbonyl (C=O) groups is 3. The zero-order chi connectivity index (χ0) is 37.7. The summed E-state index contributed by atoms with van der Waals surface area (Å²) in [6.07, 6.45) is 4.59. The number of hydrogen-bond acceptors (Lipinski definition) is 12. The van der Waals surface area contributed by atoms with Crippen LogP contribution < -0.4 is 0 Å². The molecule has 280 valence electrons. The third-order valence-corrected chi connectivity index (χ3v) is 9.72. The molecule has 12 nitrogen and oxygen atoms in total. The molecule has 0 saturated carbocycles. The number of aromatic nitrogens is 1. The second-order valence-electron chi connectivity index (χ2n) is 13.9. The molecule has 1 saturated heterocycles. The van der Waals surface area contributed by atoms with Crippen LogP contribution in [0.2, 0.25) is 0 Å². The minimum Gasteiger partial charge on any atom is -0.461 e. The summed E-state index contributed by atoms with van der Waals surface area (Å²) in [5.74, 6) is -3.51. The Labute approximate surface area is 302 Å². The number of cyclic esters (lactones) is 1. The van der Waals surface area contributed by atoms with Crippen LogP contribution in [0.5, 0.6) is 0 Å². The highest BCUT2D eigenvalue weighted by atomic mass is 16.7. The molecule has 3 rings (SSSR count). The summed E-state index contributed by atoms with van der Waals surface area (Å²) >= 11 is 0. The van der Waals surface area contributed by atoms with E-state index < -0.39 is 85.0 Å². The van der Waals surface area contributed by atoms with Gasteiger partial charge in [0.15, 0.2) is 12.1 Å². The van der Waals surface area contributed by atoms with Crippen LogP contribution in [0.3, 0.4) is 0 Å². The molecule has 0 aromatic carbocycles. The second-order valence-corrected chi connectivity index (χ2v) is 13.9. The highest BCUT2D eigenvalue weighted by Crippen LogP contribution is 2.35. The van der Waals surface area contributed by atoms with Crippen molar-refractivity contribution >= 4 is 24.1 Å². The van der Waals surface area contributed by atoms with Crippen LogP contribution in [0.25, 0.3) is 6.08 Å². The summed E-state index contributed by atoms with van der Waals surface area (Å²) in [4.78, 5) is 44.6. The summed E-state index contributed by atoms with van der Waals surface area (Å²) in [6.45, 7) is 9.07. The third kappa shape index (κ3) is 12.0. The standard InChI is InChI=1S/C39H55N3O9/c1-8-33-29(23-40)20-24(2)14-15-31(44)25(3)21-28(16-18-43)37(26(4)32(45)22-34(46)50-33)51-39-36(47)35(42(6)7)38(27(5)49-39)48-19-11-13-30-12-9-10-17-41-30/h9-15,17-18,20,25-29,32-33,35-39,45,47H,8,16,19,21-22H2,1-7H3/b13-11+,15-14+,24-20+/t25-,26+,27-,28+,29-,32-,33-,35-,36-,37-,38-,39+/m1/s1. The molecule has 51 heavy (non-hydrogen) atoms. The lowest BCUT2D eigenvalue weighted by molar-refractivity contribution is -0.308. The van der Waals surface area contributed by atoms with Gasteiger partial charge < -0.3 is 38.9 Å². The van der Waals surface area contributed by atoms with Crippen LogP contribution in [-0.2, 0) is 33.3 Å². The van der Waals surface area contributed by atoms with Crippen molar-refractivity contribution in [2.75, 3.05) is 20.7 Å². The van der Waals surface area contributed by atoms with E-state index in [0.29, 0.717) is 12.0 Å². The van der Waals surface area contributed by atoms with E-state index in [0.717, 1.165) is 12.0 Å². The van der Waals surface area contributed by atoms with Gasteiger partial charge in [-0.2, -0.15) is 5.26 Å². The molecule has 1 fully saturated rings. The van der Waals surface area contributed by atoms with Gasteiger partial charge in [-0.15, -0.1) is 0 Å². The first-order chi connectivity index (χ1) is 24.3. The van der Waals surface area contributed by atoms with E-state index in [1.165, 1.54) is 6.08 Å². The summed E-state index contributed by atoms with van der Waals surface area (Å²) < 4.78 is 24.7. The number of hydrogen-bond donors (Lipinski definition) is 2. The number of nitrogens with zero attached hydrogens (tertiary/aromatic N) is 3. The van der Waals surface area contributed by atoms with Crippen LogP contribution in [0.15, 0.2) is 54.3 Å². The molecule has 2 aliphatic rings. The maximum absolute atomic E-state index is 13.3. The SMILES string of the molecule is CC[C@H]1OC(=O)C[C@@H](O)[C@H](C)[C@@H](O[C@@H]2O[C@H](C)[C@@H](OC/C=C/c3ccccn3)[C@H](N(C)C)[C@H]2O)[C@@H](CC=O)C[C@@H](C)C(=O)/C=C/C(C)=C/[C@@H]1C#N. The minimum absolute atomic E-state index is 0.00197. The molecule has 2 aliphatic heterocycles. The molecular formula is C39H55N3O9. The molecule has 1 aromatic rings. The van der Waals surface area contributed by atoms with Gasteiger partial charge in [0, 0.05) is 24.5 Å². The Kier molecular flexibility index (Phi) is 16.8. The van der Waals surface area contributed by atoms with Crippen LogP contribution in [0.1, 0.15) is 66.0 Å². The van der Waals surface area contributed by atoms with Gasteiger partial charge in [-0.3, -0.25) is 14.6 Å². The smallest absolute Gasteiger partial charge is 0.308 e. The van der Waals surface area contributed by atoms with Crippen LogP contribution in [-0.4, -0.2) is 108 Å². The molecule has 12 heteroatoms. The summed E-state index contributed by atoms with van der Waals surface area (Å²) in [5, 5.41) is 33.0. The number of aliphatic hydroxyl groups is 2. The predicted molar refractivity (Wildman–Crippen MR) is 191 cm³/mol. The zero-order valence-corrected chi connectivity index (χ0v) is 30.8. The monoisotopic (exact) mass is 709 g/mol. The topological polar surface area (TPSA) is 169 Å². The van der Waals surface area contributed by atoms with E-state index >= 15 is 0 Å². The molecule has 0 spiro atoms. The number of likely N-dealkylation sites (N-methyl/N-ethyl adjacent to an activating group) is 1. The quantitative estimate of drug-likeness (QED) is 0.264. The minimum atomic E-state index is -1.28. The number of ketones is 1. The molecule has 0 radical (unpaired) electrons. The number of rotatable bonds is 10. The Bertz CT molecular complexity index is 1410. The lowest BCUT2D eigenvalue weighted by Crippen LogP contribution is -2.64. The predicted octanol–water partition coefficient (Wildman–Crippen LogP) is 4.07. The van der Waals surface area contributed by atoms with Gasteiger partial charge in [-0.25, -0.2) is 0 Å². The van der Waals surface area contributed by atoms with Crippen LogP contribution >= 0.6 is 0 Å². The number of ether oxygens (including phenoxy) is 4. The van der Waals surface area contributed by atoms with Crippen molar-refractivity contribution in [1.29, 1.82) is 5.26 Å². The van der Waals surface area contributed by atoms with Gasteiger partial charge in [0.25, 0.3) is 0 Å². The van der Waals surface area contributed by atoms with E-state index in [2.05, 4.69) is 11.1 Å². The van der Waals surface area contributed by atoms with Gasteiger partial charge in [0.2, 0.25) is 0 Å². The Morgan fingerprint density at radius 1 is 1.14 bits per heavy atom. The van der Waals surface area contributed by atoms with Crippen LogP contribution in [0, 0.1) is 35.0 Å². The maximum atomic E-state index is 13.3. The Morgan fingerprint density at radius 3 is 2.51 bits per heavy atom. The molecule has 2 N–H and O–H groups in total. The highest BCUT2D eigenvalue weighted by Gasteiger charge is 2.48. The van der Waals surface area contributed by atoms with Gasteiger partial charge in [-0.05, 0) is 71.0 Å². The van der Waals surface area contributed by atoms with Gasteiger partial charge >= 0.3 is 5.97 Å². The van der Waals surface area contributed by atoms with Crippen molar-refractivity contribution in [2.45, 2.75) is 109 Å². The fraction of sp³-hybridized carbons (Fsp3) is 0.615. The molecule has 12 atom stereocenters. The Hall–Kier alpha value is -3.57. The van der Waals surface area contributed by atoms with E-state index in [4.69, 9.17) is 18.9 Å². The average Bonchev–Trinajstić information content (AvgIpc) is 3.10. The molecule has 0 amide bonds. The molecule has 0 bridgehead atoms. The summed E-state index contributed by atoms with van der Waals surface area (Å²) in [5.41, 5.74) is 1.44. The zero-order valence-electron chi connectivity index (χ0n) is 30.8. The Balaban J connectivity index is 1.92. The molecule has 3 heterocycles.